The van der Waals surface area contributed by atoms with Crippen LogP contribution in [0.3, 0.4) is 0 Å². The smallest absolute Gasteiger partial charge is 0.254 e. The summed E-state index contributed by atoms with van der Waals surface area (Å²) < 4.78 is 0. The largest absolute Gasteiger partial charge is 0.388 e. The maximum atomic E-state index is 12.3. The lowest BCUT2D eigenvalue weighted by molar-refractivity contribution is 0.0745. The van der Waals surface area contributed by atoms with Gasteiger partial charge in [0.15, 0.2) is 0 Å². The fourth-order valence-corrected chi connectivity index (χ4v) is 1.72. The Morgan fingerprint density at radius 3 is 2.72 bits per heavy atom. The van der Waals surface area contributed by atoms with E-state index in [1.54, 1.807) is 11.9 Å². The second-order valence-corrected chi connectivity index (χ2v) is 4.41. The first-order valence-electron chi connectivity index (χ1n) is 5.93. The highest BCUT2D eigenvalue weighted by molar-refractivity contribution is 5.96. The van der Waals surface area contributed by atoms with Gasteiger partial charge < -0.3 is 10.2 Å². The minimum Gasteiger partial charge on any atom is -0.388 e. The molecule has 96 valence electrons. The summed E-state index contributed by atoms with van der Waals surface area (Å²) >= 11 is 0. The summed E-state index contributed by atoms with van der Waals surface area (Å²) in [6.45, 7) is 3.79. The van der Waals surface area contributed by atoms with Crippen LogP contribution in [0.2, 0.25) is 0 Å². The molecule has 0 aliphatic carbocycles. The maximum absolute atomic E-state index is 12.3. The van der Waals surface area contributed by atoms with Crippen molar-refractivity contribution in [2.75, 3.05) is 19.4 Å². The van der Waals surface area contributed by atoms with Crippen molar-refractivity contribution in [2.24, 2.45) is 0 Å². The van der Waals surface area contributed by atoms with E-state index < -0.39 is 0 Å². The SMILES string of the molecule is CNc1ccc(C(=O)N(C)C(C)CC#N)c(C)c1. The highest BCUT2D eigenvalue weighted by atomic mass is 16.2. The van der Waals surface area contributed by atoms with Gasteiger partial charge in [-0.3, -0.25) is 4.79 Å². The third kappa shape index (κ3) is 3.01. The lowest BCUT2D eigenvalue weighted by Gasteiger charge is -2.24. The molecular formula is C14H19N3O. The number of nitriles is 1. The Bertz CT molecular complexity index is 476. The molecule has 1 atom stereocenters. The van der Waals surface area contributed by atoms with E-state index in [0.29, 0.717) is 12.0 Å². The van der Waals surface area contributed by atoms with Gasteiger partial charge in [-0.15, -0.1) is 0 Å². The molecule has 0 spiro atoms. The van der Waals surface area contributed by atoms with Crippen LogP contribution in [0, 0.1) is 18.3 Å². The van der Waals surface area contributed by atoms with Crippen molar-refractivity contribution in [1.82, 2.24) is 4.90 Å². The van der Waals surface area contributed by atoms with Crippen molar-refractivity contribution in [3.8, 4) is 6.07 Å². The molecule has 0 aromatic heterocycles. The van der Waals surface area contributed by atoms with Crippen molar-refractivity contribution in [1.29, 1.82) is 5.26 Å². The van der Waals surface area contributed by atoms with Gasteiger partial charge in [-0.05, 0) is 37.6 Å². The van der Waals surface area contributed by atoms with Crippen LogP contribution in [0.15, 0.2) is 18.2 Å². The summed E-state index contributed by atoms with van der Waals surface area (Å²) in [4.78, 5) is 13.9. The van der Waals surface area contributed by atoms with Crippen LogP contribution < -0.4 is 5.32 Å². The average molecular weight is 245 g/mol. The Morgan fingerprint density at radius 1 is 1.56 bits per heavy atom. The molecule has 0 heterocycles. The predicted molar refractivity (Wildman–Crippen MR) is 72.5 cm³/mol. The van der Waals surface area contributed by atoms with Crippen molar-refractivity contribution < 1.29 is 4.79 Å². The Hall–Kier alpha value is -2.02. The fourth-order valence-electron chi connectivity index (χ4n) is 1.72. The molecule has 0 saturated carbocycles. The molecule has 4 nitrogen and oxygen atoms in total. The molecule has 18 heavy (non-hydrogen) atoms. The zero-order valence-electron chi connectivity index (χ0n) is 11.3. The molecule has 1 N–H and O–H groups in total. The van der Waals surface area contributed by atoms with Crippen LogP contribution in [0.25, 0.3) is 0 Å². The van der Waals surface area contributed by atoms with E-state index in [2.05, 4.69) is 11.4 Å². The van der Waals surface area contributed by atoms with E-state index in [1.165, 1.54) is 0 Å². The number of rotatable bonds is 4. The van der Waals surface area contributed by atoms with Crippen LogP contribution >= 0.6 is 0 Å². The summed E-state index contributed by atoms with van der Waals surface area (Å²) in [6.07, 6.45) is 0.343. The van der Waals surface area contributed by atoms with E-state index in [1.807, 2.05) is 39.1 Å². The van der Waals surface area contributed by atoms with Crippen molar-refractivity contribution >= 4 is 11.6 Å². The molecule has 1 amide bonds. The number of hydrogen-bond donors (Lipinski definition) is 1. The lowest BCUT2D eigenvalue weighted by Crippen LogP contribution is -2.35. The van der Waals surface area contributed by atoms with E-state index in [9.17, 15) is 4.79 Å². The Morgan fingerprint density at radius 2 is 2.22 bits per heavy atom. The van der Waals surface area contributed by atoms with Gasteiger partial charge in [0.05, 0.1) is 12.5 Å². The maximum Gasteiger partial charge on any atom is 0.254 e. The normalized spacial score (nSPS) is 11.5. The van der Waals surface area contributed by atoms with Gasteiger partial charge in [0.2, 0.25) is 0 Å². The van der Waals surface area contributed by atoms with Crippen LogP contribution in [0.5, 0.6) is 0 Å². The third-order valence-electron chi connectivity index (χ3n) is 3.11. The van der Waals surface area contributed by atoms with Gasteiger partial charge in [0.1, 0.15) is 0 Å². The minimum atomic E-state index is -0.0779. The monoisotopic (exact) mass is 245 g/mol. The van der Waals surface area contributed by atoms with Crippen LogP contribution in [-0.2, 0) is 0 Å². The molecule has 1 aromatic carbocycles. The van der Waals surface area contributed by atoms with E-state index >= 15 is 0 Å². The highest BCUT2D eigenvalue weighted by Gasteiger charge is 2.18. The Labute approximate surface area is 108 Å². The molecular weight excluding hydrogens is 226 g/mol. The number of nitrogens with zero attached hydrogens (tertiary/aromatic N) is 2. The molecule has 0 radical (unpaired) electrons. The number of carbonyl (C=O) groups is 1. The number of aryl methyl sites for hydroxylation is 1. The number of anilines is 1. The first kappa shape index (κ1) is 14.0. The second kappa shape index (κ2) is 6.06. The molecule has 0 fully saturated rings. The summed E-state index contributed by atoms with van der Waals surface area (Å²) in [7, 11) is 3.58. The predicted octanol–water partition coefficient (Wildman–Crippen LogP) is 2.41. The van der Waals surface area contributed by atoms with Crippen LogP contribution in [-0.4, -0.2) is 30.9 Å². The number of benzene rings is 1. The van der Waals surface area contributed by atoms with E-state index in [4.69, 9.17) is 5.26 Å². The summed E-state index contributed by atoms with van der Waals surface area (Å²) in [5, 5.41) is 11.7. The summed E-state index contributed by atoms with van der Waals surface area (Å²) in [6, 6.07) is 7.64. The molecule has 0 saturated heterocycles. The van der Waals surface area contributed by atoms with Gasteiger partial charge in [-0.2, -0.15) is 5.26 Å². The standard InChI is InChI=1S/C14H19N3O/c1-10-9-12(16-3)5-6-13(10)14(18)17(4)11(2)7-8-15/h5-6,9,11,16H,7H2,1-4H3. The molecule has 0 bridgehead atoms. The van der Waals surface area contributed by atoms with Crippen LogP contribution in [0.4, 0.5) is 5.69 Å². The summed E-state index contributed by atoms with van der Waals surface area (Å²) in [5.41, 5.74) is 2.60. The van der Waals surface area contributed by atoms with Gasteiger partial charge in [-0.25, -0.2) is 0 Å². The number of nitrogens with one attached hydrogen (secondary N) is 1. The molecule has 0 aliphatic rings. The fraction of sp³-hybridized carbons (Fsp3) is 0.429. The summed E-state index contributed by atoms with van der Waals surface area (Å²) in [5.74, 6) is -0.0436. The van der Waals surface area contributed by atoms with E-state index in [0.717, 1.165) is 11.3 Å². The Kier molecular flexibility index (Phi) is 4.73. The second-order valence-electron chi connectivity index (χ2n) is 4.41. The van der Waals surface area contributed by atoms with Gasteiger partial charge >= 0.3 is 0 Å². The minimum absolute atomic E-state index is 0.0436. The van der Waals surface area contributed by atoms with Gasteiger partial charge in [0.25, 0.3) is 5.91 Å². The number of carbonyl (C=O) groups excluding carboxylic acids is 1. The van der Waals surface area contributed by atoms with Crippen molar-refractivity contribution in [3.63, 3.8) is 0 Å². The molecule has 1 unspecified atom stereocenters. The average Bonchev–Trinajstić information content (AvgIpc) is 2.37. The van der Waals surface area contributed by atoms with Gasteiger partial charge in [0, 0.05) is 31.4 Å². The lowest BCUT2D eigenvalue weighted by atomic mass is 10.1. The topological polar surface area (TPSA) is 56.1 Å². The van der Waals surface area contributed by atoms with Crippen LogP contribution in [0.1, 0.15) is 29.3 Å². The number of amides is 1. The molecule has 1 rings (SSSR count). The molecule has 1 aromatic rings. The number of hydrogen-bond acceptors (Lipinski definition) is 3. The van der Waals surface area contributed by atoms with Crippen molar-refractivity contribution in [2.45, 2.75) is 26.3 Å². The Balaban J connectivity index is 2.94. The third-order valence-corrected chi connectivity index (χ3v) is 3.11. The highest BCUT2D eigenvalue weighted by Crippen LogP contribution is 2.17. The molecule has 0 aliphatic heterocycles. The van der Waals surface area contributed by atoms with Crippen molar-refractivity contribution in [3.05, 3.63) is 29.3 Å². The molecule has 4 heteroatoms. The first-order valence-corrected chi connectivity index (χ1v) is 5.93. The van der Waals surface area contributed by atoms with Gasteiger partial charge in [-0.1, -0.05) is 0 Å². The quantitative estimate of drug-likeness (QED) is 0.886. The zero-order chi connectivity index (χ0) is 13.7. The first-order chi connectivity index (χ1) is 8.51. The van der Waals surface area contributed by atoms with E-state index in [-0.39, 0.29) is 11.9 Å². The zero-order valence-corrected chi connectivity index (χ0v) is 11.3.